The summed E-state index contributed by atoms with van der Waals surface area (Å²) in [5.41, 5.74) is 5.18. The average Bonchev–Trinajstić information content (AvgIpc) is 3.25. The SMILES string of the molecule is O=c1oc2c3c4c(cc2cc1-c1nnc(-c2ccccc2)o1)CCCN4CCC3. The number of hydrogen-bond acceptors (Lipinski definition) is 6. The third kappa shape index (κ3) is 2.59. The number of benzene rings is 2. The number of hydrogen-bond donors (Lipinski definition) is 0. The van der Waals surface area contributed by atoms with Crippen molar-refractivity contribution in [1.29, 1.82) is 0 Å². The van der Waals surface area contributed by atoms with Gasteiger partial charge in [-0.2, -0.15) is 0 Å². The summed E-state index contributed by atoms with van der Waals surface area (Å²) >= 11 is 0. The Balaban J connectivity index is 1.51. The van der Waals surface area contributed by atoms with Crippen LogP contribution in [0.15, 0.2) is 56.1 Å². The molecule has 2 aliphatic heterocycles. The molecule has 0 aliphatic carbocycles. The first kappa shape index (κ1) is 16.5. The highest BCUT2D eigenvalue weighted by Crippen LogP contribution is 2.40. The Morgan fingerprint density at radius 3 is 2.55 bits per heavy atom. The van der Waals surface area contributed by atoms with E-state index in [0.29, 0.717) is 17.0 Å². The maximum Gasteiger partial charge on any atom is 0.349 e. The topological polar surface area (TPSA) is 72.4 Å². The van der Waals surface area contributed by atoms with E-state index in [4.69, 9.17) is 8.83 Å². The maximum atomic E-state index is 12.8. The lowest BCUT2D eigenvalue weighted by molar-refractivity contribution is 0.540. The van der Waals surface area contributed by atoms with Crippen LogP contribution in [0.5, 0.6) is 0 Å². The van der Waals surface area contributed by atoms with Crippen molar-refractivity contribution >= 4 is 16.7 Å². The predicted molar refractivity (Wildman–Crippen MR) is 110 cm³/mol. The van der Waals surface area contributed by atoms with Crippen LogP contribution >= 0.6 is 0 Å². The Labute approximate surface area is 166 Å². The molecule has 0 atom stereocenters. The summed E-state index contributed by atoms with van der Waals surface area (Å²) < 4.78 is 11.6. The van der Waals surface area contributed by atoms with Crippen LogP contribution in [0.1, 0.15) is 24.0 Å². The van der Waals surface area contributed by atoms with Gasteiger partial charge in [-0.3, -0.25) is 0 Å². The van der Waals surface area contributed by atoms with Gasteiger partial charge in [0.25, 0.3) is 5.89 Å². The Morgan fingerprint density at radius 1 is 0.897 bits per heavy atom. The van der Waals surface area contributed by atoms with Crippen LogP contribution in [-0.2, 0) is 12.8 Å². The van der Waals surface area contributed by atoms with Gasteiger partial charge in [0.1, 0.15) is 11.1 Å². The van der Waals surface area contributed by atoms with E-state index >= 15 is 0 Å². The molecule has 29 heavy (non-hydrogen) atoms. The van der Waals surface area contributed by atoms with Gasteiger partial charge in [0.15, 0.2) is 0 Å². The molecule has 0 radical (unpaired) electrons. The third-order valence-corrected chi connectivity index (χ3v) is 5.89. The van der Waals surface area contributed by atoms with Crippen molar-refractivity contribution in [1.82, 2.24) is 10.2 Å². The molecule has 144 valence electrons. The van der Waals surface area contributed by atoms with Gasteiger partial charge in [0.2, 0.25) is 5.89 Å². The second kappa shape index (κ2) is 6.30. The van der Waals surface area contributed by atoms with Crippen molar-refractivity contribution in [2.45, 2.75) is 25.7 Å². The minimum atomic E-state index is -0.440. The molecule has 2 aliphatic rings. The first-order valence-electron chi connectivity index (χ1n) is 10.0. The maximum absolute atomic E-state index is 12.8. The minimum Gasteiger partial charge on any atom is -0.422 e. The summed E-state index contributed by atoms with van der Waals surface area (Å²) in [4.78, 5) is 15.2. The molecule has 4 aromatic rings. The largest absolute Gasteiger partial charge is 0.422 e. The Morgan fingerprint density at radius 2 is 1.69 bits per heavy atom. The monoisotopic (exact) mass is 385 g/mol. The molecule has 6 rings (SSSR count). The van der Waals surface area contributed by atoms with Crippen molar-refractivity contribution in [3.63, 3.8) is 0 Å². The van der Waals surface area contributed by atoms with Crippen molar-refractivity contribution in [2.24, 2.45) is 0 Å². The molecule has 0 amide bonds. The molecule has 6 nitrogen and oxygen atoms in total. The molecule has 0 N–H and O–H groups in total. The number of fused-ring (bicyclic) bond motifs is 2. The minimum absolute atomic E-state index is 0.187. The van der Waals surface area contributed by atoms with Gasteiger partial charge in [-0.15, -0.1) is 10.2 Å². The number of anilines is 1. The van der Waals surface area contributed by atoms with Crippen LogP contribution in [-0.4, -0.2) is 23.3 Å². The summed E-state index contributed by atoms with van der Waals surface area (Å²) in [5.74, 6) is 0.573. The van der Waals surface area contributed by atoms with Crippen LogP contribution in [0.3, 0.4) is 0 Å². The summed E-state index contributed by atoms with van der Waals surface area (Å²) in [5, 5.41) is 9.13. The standard InChI is InChI=1S/C23H19N3O3/c27-23-18(22-25-24-21(29-22)14-6-2-1-3-7-14)13-16-12-15-8-4-10-26-11-5-9-17(19(15)26)20(16)28-23/h1-3,6-7,12-13H,4-5,8-11H2. The molecular weight excluding hydrogens is 366 g/mol. The molecule has 0 spiro atoms. The zero-order valence-corrected chi connectivity index (χ0v) is 15.9. The van der Waals surface area contributed by atoms with E-state index in [9.17, 15) is 4.79 Å². The molecule has 2 aromatic carbocycles. The molecule has 0 saturated carbocycles. The molecule has 0 fully saturated rings. The highest BCUT2D eigenvalue weighted by atomic mass is 16.4. The first-order valence-corrected chi connectivity index (χ1v) is 10.0. The lowest BCUT2D eigenvalue weighted by atomic mass is 9.90. The molecule has 0 bridgehead atoms. The average molecular weight is 385 g/mol. The fourth-order valence-corrected chi connectivity index (χ4v) is 4.62. The van der Waals surface area contributed by atoms with Gasteiger partial charge in [-0.05, 0) is 55.5 Å². The van der Waals surface area contributed by atoms with E-state index in [-0.39, 0.29) is 5.89 Å². The van der Waals surface area contributed by atoms with E-state index in [2.05, 4.69) is 21.2 Å². The van der Waals surface area contributed by atoms with Crippen molar-refractivity contribution in [3.8, 4) is 22.9 Å². The van der Waals surface area contributed by atoms with E-state index in [0.717, 1.165) is 49.7 Å². The molecule has 4 heterocycles. The summed E-state index contributed by atoms with van der Waals surface area (Å²) in [6, 6.07) is 13.5. The van der Waals surface area contributed by atoms with Crippen molar-refractivity contribution < 1.29 is 8.83 Å². The van der Waals surface area contributed by atoms with Gasteiger partial charge < -0.3 is 13.7 Å². The van der Waals surface area contributed by atoms with Crippen LogP contribution in [0.25, 0.3) is 33.9 Å². The first-order chi connectivity index (χ1) is 14.3. The Kier molecular flexibility index (Phi) is 3.59. The van der Waals surface area contributed by atoms with E-state index in [1.165, 1.54) is 16.8 Å². The Bertz CT molecular complexity index is 1290. The molecule has 0 saturated heterocycles. The molecule has 0 unspecified atom stereocenters. The van der Waals surface area contributed by atoms with Crippen LogP contribution in [0, 0.1) is 0 Å². The summed E-state index contributed by atoms with van der Waals surface area (Å²) in [7, 11) is 0. The molecular formula is C23H19N3O3. The lowest BCUT2D eigenvalue weighted by Crippen LogP contribution is -2.34. The summed E-state index contributed by atoms with van der Waals surface area (Å²) in [6.45, 7) is 2.16. The van der Waals surface area contributed by atoms with Gasteiger partial charge in [0.05, 0.1) is 0 Å². The molecule has 2 aromatic heterocycles. The highest BCUT2D eigenvalue weighted by molar-refractivity contribution is 5.90. The number of nitrogens with zero attached hydrogens (tertiary/aromatic N) is 3. The lowest BCUT2D eigenvalue weighted by Gasteiger charge is -2.37. The fourth-order valence-electron chi connectivity index (χ4n) is 4.62. The third-order valence-electron chi connectivity index (χ3n) is 5.89. The highest BCUT2D eigenvalue weighted by Gasteiger charge is 2.27. The van der Waals surface area contributed by atoms with E-state index in [1.54, 1.807) is 0 Å². The number of rotatable bonds is 2. The van der Waals surface area contributed by atoms with Gasteiger partial charge in [-0.1, -0.05) is 18.2 Å². The Hall–Kier alpha value is -3.41. The number of aryl methyl sites for hydroxylation is 2. The zero-order chi connectivity index (χ0) is 19.4. The quantitative estimate of drug-likeness (QED) is 0.481. The predicted octanol–water partition coefficient (Wildman–Crippen LogP) is 4.21. The normalized spacial score (nSPS) is 15.5. The van der Waals surface area contributed by atoms with E-state index < -0.39 is 5.63 Å². The second-order valence-corrected chi connectivity index (χ2v) is 7.70. The van der Waals surface area contributed by atoms with Gasteiger partial charge in [-0.25, -0.2) is 4.79 Å². The number of aromatic nitrogens is 2. The van der Waals surface area contributed by atoms with Gasteiger partial charge in [0, 0.05) is 35.3 Å². The van der Waals surface area contributed by atoms with Crippen LogP contribution < -0.4 is 10.5 Å². The smallest absolute Gasteiger partial charge is 0.349 e. The molecule has 6 heteroatoms. The van der Waals surface area contributed by atoms with E-state index in [1.807, 2.05) is 36.4 Å². The summed E-state index contributed by atoms with van der Waals surface area (Å²) in [6.07, 6.45) is 4.24. The second-order valence-electron chi connectivity index (χ2n) is 7.70. The fraction of sp³-hybridized carbons (Fsp3) is 0.261. The van der Waals surface area contributed by atoms with Crippen LogP contribution in [0.4, 0.5) is 5.69 Å². The van der Waals surface area contributed by atoms with Gasteiger partial charge >= 0.3 is 5.63 Å². The van der Waals surface area contributed by atoms with Crippen molar-refractivity contribution in [3.05, 3.63) is 64.0 Å². The van der Waals surface area contributed by atoms with Crippen molar-refractivity contribution in [2.75, 3.05) is 18.0 Å². The van der Waals surface area contributed by atoms with Crippen LogP contribution in [0.2, 0.25) is 0 Å². The zero-order valence-electron chi connectivity index (χ0n) is 15.9.